The molecule has 0 radical (unpaired) electrons. The first kappa shape index (κ1) is 19.0. The second kappa shape index (κ2) is 8.30. The Balaban J connectivity index is 1.90. The van der Waals surface area contributed by atoms with Crippen molar-refractivity contribution >= 4 is 11.9 Å². The summed E-state index contributed by atoms with van der Waals surface area (Å²) in [5.74, 6) is 0.509. The first-order chi connectivity index (χ1) is 13.0. The van der Waals surface area contributed by atoms with Crippen molar-refractivity contribution in [2.75, 3.05) is 37.7 Å². The molecule has 2 aromatic heterocycles. The van der Waals surface area contributed by atoms with Crippen LogP contribution in [-0.4, -0.2) is 64.2 Å². The third-order valence-electron chi connectivity index (χ3n) is 4.79. The average molecular weight is 371 g/mol. The number of aromatic nitrogens is 3. The van der Waals surface area contributed by atoms with Crippen LogP contribution in [0.1, 0.15) is 13.8 Å². The van der Waals surface area contributed by atoms with Gasteiger partial charge >= 0.3 is 0 Å². The number of hydrogen-bond acceptors (Lipinski definition) is 6. The number of carbonyl (C=O) groups excluding carboxylic acids is 1. The Morgan fingerprint density at radius 1 is 1.30 bits per heavy atom. The van der Waals surface area contributed by atoms with E-state index < -0.39 is 6.10 Å². The minimum Gasteiger partial charge on any atom is -0.365 e. The minimum absolute atomic E-state index is 0.0278. The van der Waals surface area contributed by atoms with E-state index in [9.17, 15) is 9.59 Å². The summed E-state index contributed by atoms with van der Waals surface area (Å²) in [6, 6.07) is 5.15. The van der Waals surface area contributed by atoms with Crippen LogP contribution >= 0.6 is 0 Å². The zero-order valence-electron chi connectivity index (χ0n) is 16.0. The van der Waals surface area contributed by atoms with Crippen LogP contribution in [0.4, 0.5) is 5.95 Å². The van der Waals surface area contributed by atoms with E-state index in [1.807, 2.05) is 30.9 Å². The summed E-state index contributed by atoms with van der Waals surface area (Å²) < 4.78 is 7.21. The Morgan fingerprint density at radius 3 is 2.67 bits per heavy atom. The van der Waals surface area contributed by atoms with E-state index in [-0.39, 0.29) is 11.5 Å². The van der Waals surface area contributed by atoms with Crippen LogP contribution in [0.3, 0.4) is 0 Å². The number of anilines is 1. The molecule has 0 aliphatic carbocycles. The van der Waals surface area contributed by atoms with Gasteiger partial charge in [-0.05, 0) is 26.0 Å². The monoisotopic (exact) mass is 371 g/mol. The highest BCUT2D eigenvalue weighted by Crippen LogP contribution is 2.20. The molecule has 0 bridgehead atoms. The molecule has 8 nitrogen and oxygen atoms in total. The van der Waals surface area contributed by atoms with E-state index >= 15 is 0 Å². The molecular weight excluding hydrogens is 346 g/mol. The number of pyridine rings is 1. The number of morpholine rings is 1. The van der Waals surface area contributed by atoms with Crippen molar-refractivity contribution in [1.82, 2.24) is 19.4 Å². The van der Waals surface area contributed by atoms with E-state index in [1.54, 1.807) is 24.3 Å². The molecule has 0 N–H and O–H groups in total. The molecule has 1 aliphatic heterocycles. The predicted octanol–water partition coefficient (Wildman–Crippen LogP) is 0.916. The Bertz CT molecular complexity index is 848. The van der Waals surface area contributed by atoms with E-state index in [2.05, 4.69) is 9.97 Å². The summed E-state index contributed by atoms with van der Waals surface area (Å²) in [6.07, 6.45) is 2.78. The highest BCUT2D eigenvalue weighted by Gasteiger charge is 2.31. The molecule has 2 aromatic rings. The first-order valence-corrected chi connectivity index (χ1v) is 9.19. The van der Waals surface area contributed by atoms with Gasteiger partial charge in [0.25, 0.3) is 11.5 Å². The van der Waals surface area contributed by atoms with Crippen LogP contribution in [0.15, 0.2) is 35.4 Å². The molecule has 3 heterocycles. The Morgan fingerprint density at radius 2 is 2.00 bits per heavy atom. The first-order valence-electron chi connectivity index (χ1n) is 9.19. The number of likely N-dealkylation sites (N-methyl/N-ethyl adjacent to an activating group) is 1. The lowest BCUT2D eigenvalue weighted by molar-refractivity contribution is -0.144. The maximum Gasteiger partial charge on any atom is 0.255 e. The summed E-state index contributed by atoms with van der Waals surface area (Å²) in [5, 5.41) is 0. The maximum atomic E-state index is 12.7. The van der Waals surface area contributed by atoms with Crippen molar-refractivity contribution in [2.24, 2.45) is 7.05 Å². The van der Waals surface area contributed by atoms with Crippen molar-refractivity contribution in [1.29, 1.82) is 0 Å². The fourth-order valence-electron chi connectivity index (χ4n) is 3.20. The number of rotatable bonds is 5. The van der Waals surface area contributed by atoms with Crippen molar-refractivity contribution in [3.05, 3.63) is 40.9 Å². The van der Waals surface area contributed by atoms with Gasteiger partial charge in [0.15, 0.2) is 6.10 Å². The second-order valence-electron chi connectivity index (χ2n) is 6.39. The zero-order chi connectivity index (χ0) is 19.4. The summed E-state index contributed by atoms with van der Waals surface area (Å²) in [5.41, 5.74) is 1.27. The second-order valence-corrected chi connectivity index (χ2v) is 6.39. The van der Waals surface area contributed by atoms with Gasteiger partial charge in [-0.2, -0.15) is 0 Å². The molecule has 27 heavy (non-hydrogen) atoms. The number of ether oxygens (including phenoxy) is 1. The fourth-order valence-corrected chi connectivity index (χ4v) is 3.20. The number of nitrogens with zero attached hydrogens (tertiary/aromatic N) is 5. The van der Waals surface area contributed by atoms with Gasteiger partial charge in [-0.25, -0.2) is 4.98 Å². The molecule has 1 saturated heterocycles. The smallest absolute Gasteiger partial charge is 0.255 e. The molecule has 3 rings (SSSR count). The summed E-state index contributed by atoms with van der Waals surface area (Å²) >= 11 is 0. The topological polar surface area (TPSA) is 80.6 Å². The highest BCUT2D eigenvalue weighted by atomic mass is 16.5. The van der Waals surface area contributed by atoms with Crippen LogP contribution in [0.25, 0.3) is 11.3 Å². The third kappa shape index (κ3) is 4.00. The van der Waals surface area contributed by atoms with Crippen molar-refractivity contribution in [3.8, 4) is 11.3 Å². The summed E-state index contributed by atoms with van der Waals surface area (Å²) in [6.45, 7) is 6.54. The van der Waals surface area contributed by atoms with E-state index in [1.165, 1.54) is 10.6 Å². The maximum absolute atomic E-state index is 12.7. The molecule has 1 atom stereocenters. The molecule has 0 aromatic carbocycles. The van der Waals surface area contributed by atoms with Crippen LogP contribution in [0, 0.1) is 0 Å². The van der Waals surface area contributed by atoms with Gasteiger partial charge < -0.3 is 14.5 Å². The minimum atomic E-state index is -0.555. The normalized spacial score (nSPS) is 17.0. The van der Waals surface area contributed by atoms with Gasteiger partial charge in [-0.3, -0.25) is 19.1 Å². The zero-order valence-corrected chi connectivity index (χ0v) is 16.0. The molecule has 0 saturated carbocycles. The molecule has 1 amide bonds. The van der Waals surface area contributed by atoms with Gasteiger partial charge in [0.05, 0.1) is 18.8 Å². The summed E-state index contributed by atoms with van der Waals surface area (Å²) in [7, 11) is 1.69. The molecule has 0 spiro atoms. The largest absolute Gasteiger partial charge is 0.365 e. The fraction of sp³-hybridized carbons (Fsp3) is 0.474. The van der Waals surface area contributed by atoms with Gasteiger partial charge in [-0.15, -0.1) is 0 Å². The predicted molar refractivity (Wildman–Crippen MR) is 103 cm³/mol. The molecule has 8 heteroatoms. The molecular formula is C19H25N5O3. The molecule has 1 fully saturated rings. The average Bonchev–Trinajstić information content (AvgIpc) is 2.71. The lowest BCUT2D eigenvalue weighted by Crippen LogP contribution is -2.52. The van der Waals surface area contributed by atoms with Gasteiger partial charge in [0.1, 0.15) is 0 Å². The molecule has 144 valence electrons. The number of amides is 1. The Labute approximate surface area is 158 Å². The SMILES string of the molecule is CCN(CC)C(=O)C1CN(c2nc(-c3ccncc3)cc(=O)n2C)CCO1. The molecule has 1 unspecified atom stereocenters. The van der Waals surface area contributed by atoms with Gasteiger partial charge in [-0.1, -0.05) is 0 Å². The summed E-state index contributed by atoms with van der Waals surface area (Å²) in [4.78, 5) is 37.5. The Kier molecular flexibility index (Phi) is 5.85. The van der Waals surface area contributed by atoms with Crippen molar-refractivity contribution in [2.45, 2.75) is 20.0 Å². The van der Waals surface area contributed by atoms with Crippen molar-refractivity contribution in [3.63, 3.8) is 0 Å². The Hall–Kier alpha value is -2.74. The highest BCUT2D eigenvalue weighted by molar-refractivity contribution is 5.81. The third-order valence-corrected chi connectivity index (χ3v) is 4.79. The van der Waals surface area contributed by atoms with E-state index in [0.717, 1.165) is 5.56 Å². The lowest BCUT2D eigenvalue weighted by atomic mass is 10.2. The van der Waals surface area contributed by atoms with Crippen LogP contribution in [-0.2, 0) is 16.6 Å². The molecule has 1 aliphatic rings. The van der Waals surface area contributed by atoms with E-state index in [0.29, 0.717) is 44.4 Å². The standard InChI is InChI=1S/C19H25N5O3/c1-4-23(5-2)18(26)16-13-24(10-11-27-16)19-21-15(12-17(25)22(19)3)14-6-8-20-9-7-14/h6-9,12,16H,4-5,10-11,13H2,1-3H3. The van der Waals surface area contributed by atoms with Gasteiger partial charge in [0, 0.05) is 50.7 Å². The van der Waals surface area contributed by atoms with E-state index in [4.69, 9.17) is 4.74 Å². The van der Waals surface area contributed by atoms with Crippen LogP contribution < -0.4 is 10.5 Å². The quantitative estimate of drug-likeness (QED) is 0.777. The number of hydrogen-bond donors (Lipinski definition) is 0. The van der Waals surface area contributed by atoms with Crippen LogP contribution in [0.2, 0.25) is 0 Å². The van der Waals surface area contributed by atoms with Gasteiger partial charge in [0.2, 0.25) is 5.95 Å². The number of carbonyl (C=O) groups is 1. The van der Waals surface area contributed by atoms with Crippen molar-refractivity contribution < 1.29 is 9.53 Å². The van der Waals surface area contributed by atoms with Crippen LogP contribution in [0.5, 0.6) is 0 Å². The lowest BCUT2D eigenvalue weighted by Gasteiger charge is -2.35.